The van der Waals surface area contributed by atoms with E-state index >= 15 is 0 Å². The summed E-state index contributed by atoms with van der Waals surface area (Å²) in [7, 11) is 0.487. The molecule has 0 saturated heterocycles. The Kier molecular flexibility index (Phi) is 5.67. The molecule has 1 aliphatic carbocycles. The van der Waals surface area contributed by atoms with E-state index in [9.17, 15) is 0 Å². The number of aromatic nitrogens is 6. The highest BCUT2D eigenvalue weighted by Gasteiger charge is 2.31. The van der Waals surface area contributed by atoms with Crippen LogP contribution in [0.15, 0.2) is 17.1 Å². The molecule has 3 heterocycles. The van der Waals surface area contributed by atoms with Crippen molar-refractivity contribution in [3.05, 3.63) is 22.8 Å². The highest BCUT2D eigenvalue weighted by Crippen LogP contribution is 2.45. The van der Waals surface area contributed by atoms with Crippen molar-refractivity contribution in [1.29, 1.82) is 0 Å². The SMILES string of the molecule is COc1ncnc(C2CC2)c1-c1ncc2nn(COCC[Si](C)(C)C)c(Br)c2n1. The molecule has 10 heteroatoms. The van der Waals surface area contributed by atoms with E-state index in [1.165, 1.54) is 0 Å². The third-order valence-electron chi connectivity index (χ3n) is 4.85. The Labute approximate surface area is 179 Å². The maximum Gasteiger partial charge on any atom is 0.227 e. The van der Waals surface area contributed by atoms with Crippen molar-refractivity contribution < 1.29 is 9.47 Å². The highest BCUT2D eigenvalue weighted by molar-refractivity contribution is 9.10. The molecule has 3 aromatic rings. The lowest BCUT2D eigenvalue weighted by atomic mass is 10.1. The summed E-state index contributed by atoms with van der Waals surface area (Å²) in [5.41, 5.74) is 3.16. The second kappa shape index (κ2) is 8.08. The maximum atomic E-state index is 5.83. The predicted molar refractivity (Wildman–Crippen MR) is 117 cm³/mol. The number of hydrogen-bond acceptors (Lipinski definition) is 7. The molecule has 1 aliphatic rings. The summed E-state index contributed by atoms with van der Waals surface area (Å²) in [6.45, 7) is 8.12. The number of nitrogens with zero attached hydrogens (tertiary/aromatic N) is 6. The van der Waals surface area contributed by atoms with Gasteiger partial charge in [0, 0.05) is 20.6 Å². The molecule has 0 unspecified atom stereocenters. The molecule has 0 aromatic carbocycles. The molecule has 29 heavy (non-hydrogen) atoms. The molecule has 0 radical (unpaired) electrons. The molecular weight excluding hydrogens is 452 g/mol. The van der Waals surface area contributed by atoms with Gasteiger partial charge in [0.1, 0.15) is 34.3 Å². The van der Waals surface area contributed by atoms with Gasteiger partial charge in [-0.2, -0.15) is 5.10 Å². The Hall–Kier alpha value is -1.91. The van der Waals surface area contributed by atoms with E-state index < -0.39 is 8.07 Å². The smallest absolute Gasteiger partial charge is 0.227 e. The molecule has 154 valence electrons. The normalized spacial score (nSPS) is 14.5. The van der Waals surface area contributed by atoms with Crippen LogP contribution in [0.4, 0.5) is 0 Å². The van der Waals surface area contributed by atoms with Gasteiger partial charge in [0.2, 0.25) is 5.88 Å². The van der Waals surface area contributed by atoms with Crippen LogP contribution < -0.4 is 4.74 Å². The van der Waals surface area contributed by atoms with Gasteiger partial charge in [-0.25, -0.2) is 24.6 Å². The average molecular weight is 477 g/mol. The fourth-order valence-electron chi connectivity index (χ4n) is 3.05. The summed E-state index contributed by atoms with van der Waals surface area (Å²) in [4.78, 5) is 18.0. The van der Waals surface area contributed by atoms with Gasteiger partial charge < -0.3 is 9.47 Å². The monoisotopic (exact) mass is 476 g/mol. The van der Waals surface area contributed by atoms with Gasteiger partial charge in [-0.15, -0.1) is 0 Å². The Balaban J connectivity index is 1.63. The van der Waals surface area contributed by atoms with Gasteiger partial charge in [0.25, 0.3) is 0 Å². The summed E-state index contributed by atoms with van der Waals surface area (Å²) in [5.74, 6) is 1.48. The van der Waals surface area contributed by atoms with Crippen molar-refractivity contribution in [2.45, 2.75) is 51.2 Å². The molecule has 4 rings (SSSR count). The average Bonchev–Trinajstić information content (AvgIpc) is 3.49. The lowest BCUT2D eigenvalue weighted by Gasteiger charge is -2.15. The predicted octanol–water partition coefficient (Wildman–Crippen LogP) is 4.24. The first-order chi connectivity index (χ1) is 13.9. The van der Waals surface area contributed by atoms with Crippen molar-refractivity contribution >= 4 is 35.0 Å². The van der Waals surface area contributed by atoms with Gasteiger partial charge >= 0.3 is 0 Å². The van der Waals surface area contributed by atoms with E-state index in [0.29, 0.717) is 29.9 Å². The summed E-state index contributed by atoms with van der Waals surface area (Å²) < 4.78 is 13.9. The maximum absolute atomic E-state index is 5.83. The molecule has 0 aliphatic heterocycles. The molecular formula is C19H25BrN6O2Si. The van der Waals surface area contributed by atoms with E-state index in [1.54, 1.807) is 24.3 Å². The van der Waals surface area contributed by atoms with Crippen molar-refractivity contribution in [3.8, 4) is 17.3 Å². The van der Waals surface area contributed by atoms with E-state index in [1.807, 2.05) is 0 Å². The van der Waals surface area contributed by atoms with Crippen molar-refractivity contribution in [2.75, 3.05) is 13.7 Å². The van der Waals surface area contributed by atoms with Crippen LogP contribution in [0, 0.1) is 0 Å². The third kappa shape index (κ3) is 4.49. The standard InChI is InChI=1S/C19H25BrN6O2Si/c1-27-19-14(15(12-5-6-12)22-10-23-19)18-21-9-13-16(24-18)17(20)26(25-13)11-28-7-8-29(2,3)4/h9-10,12H,5-8,11H2,1-4H3. The topological polar surface area (TPSA) is 87.8 Å². The molecule has 0 amide bonds. The first kappa shape index (κ1) is 20.4. The van der Waals surface area contributed by atoms with E-state index in [2.05, 4.69) is 55.6 Å². The summed E-state index contributed by atoms with van der Waals surface area (Å²) >= 11 is 3.62. The molecule has 1 fully saturated rings. The largest absolute Gasteiger partial charge is 0.480 e. The minimum absolute atomic E-state index is 0.377. The van der Waals surface area contributed by atoms with E-state index in [0.717, 1.165) is 46.9 Å². The molecule has 0 spiro atoms. The van der Waals surface area contributed by atoms with Crippen LogP contribution in [0.3, 0.4) is 0 Å². The fourth-order valence-corrected chi connectivity index (χ4v) is 4.28. The fraction of sp³-hybridized carbons (Fsp3) is 0.526. The van der Waals surface area contributed by atoms with Gasteiger partial charge in [-0.05, 0) is 34.8 Å². The van der Waals surface area contributed by atoms with Crippen LogP contribution >= 0.6 is 15.9 Å². The zero-order valence-electron chi connectivity index (χ0n) is 17.1. The lowest BCUT2D eigenvalue weighted by molar-refractivity contribution is 0.0775. The molecule has 0 N–H and O–H groups in total. The number of hydrogen-bond donors (Lipinski definition) is 0. The highest BCUT2D eigenvalue weighted by atomic mass is 79.9. The Bertz CT molecular complexity index is 1030. The summed E-state index contributed by atoms with van der Waals surface area (Å²) in [5, 5.41) is 4.56. The second-order valence-corrected chi connectivity index (χ2v) is 14.9. The minimum atomic E-state index is -1.12. The van der Waals surface area contributed by atoms with Crippen LogP contribution in [0.5, 0.6) is 5.88 Å². The molecule has 3 aromatic heterocycles. The summed E-state index contributed by atoms with van der Waals surface area (Å²) in [6.07, 6.45) is 5.50. The van der Waals surface area contributed by atoms with Crippen molar-refractivity contribution in [2.24, 2.45) is 0 Å². The number of rotatable bonds is 8. The number of fused-ring (bicyclic) bond motifs is 1. The second-order valence-electron chi connectivity index (χ2n) is 8.48. The number of halogens is 1. The molecule has 1 saturated carbocycles. The zero-order chi connectivity index (χ0) is 20.6. The van der Waals surface area contributed by atoms with E-state index in [-0.39, 0.29) is 0 Å². The summed E-state index contributed by atoms with van der Waals surface area (Å²) in [6, 6.07) is 1.12. The number of methoxy groups -OCH3 is 1. The Morgan fingerprint density at radius 3 is 2.69 bits per heavy atom. The Morgan fingerprint density at radius 1 is 1.21 bits per heavy atom. The lowest BCUT2D eigenvalue weighted by Crippen LogP contribution is -2.22. The van der Waals surface area contributed by atoms with Crippen LogP contribution in [0.25, 0.3) is 22.4 Å². The zero-order valence-corrected chi connectivity index (χ0v) is 19.7. The number of ether oxygens (including phenoxy) is 2. The van der Waals surface area contributed by atoms with E-state index in [4.69, 9.17) is 14.5 Å². The van der Waals surface area contributed by atoms with Gasteiger partial charge in [-0.1, -0.05) is 19.6 Å². The molecule has 8 nitrogen and oxygen atoms in total. The Morgan fingerprint density at radius 2 is 2.00 bits per heavy atom. The first-order valence-corrected chi connectivity index (χ1v) is 14.2. The molecule has 0 bridgehead atoms. The van der Waals surface area contributed by atoms with Crippen molar-refractivity contribution in [1.82, 2.24) is 29.7 Å². The third-order valence-corrected chi connectivity index (χ3v) is 7.34. The minimum Gasteiger partial charge on any atom is -0.480 e. The van der Waals surface area contributed by atoms with Crippen molar-refractivity contribution in [3.63, 3.8) is 0 Å². The van der Waals surface area contributed by atoms with Gasteiger partial charge in [-0.3, -0.25) is 0 Å². The first-order valence-electron chi connectivity index (χ1n) is 9.73. The molecule has 0 atom stereocenters. The van der Waals surface area contributed by atoms with Crippen LogP contribution in [-0.2, 0) is 11.5 Å². The van der Waals surface area contributed by atoms with Crippen LogP contribution in [0.1, 0.15) is 24.5 Å². The quantitative estimate of drug-likeness (QED) is 0.354. The van der Waals surface area contributed by atoms with Gasteiger partial charge in [0.05, 0.1) is 19.0 Å². The van der Waals surface area contributed by atoms with Crippen LogP contribution in [0.2, 0.25) is 25.7 Å². The van der Waals surface area contributed by atoms with Gasteiger partial charge in [0.15, 0.2) is 5.82 Å². The van der Waals surface area contributed by atoms with Crippen LogP contribution in [-0.4, -0.2) is 51.5 Å².